The minimum absolute atomic E-state index is 0.0919. The first kappa shape index (κ1) is 8.46. The third-order valence-electron chi connectivity index (χ3n) is 0.885. The molecule has 0 aromatic rings. The number of hydrogen-bond donors (Lipinski definition) is 0. The van der Waals surface area contributed by atoms with Crippen LogP contribution < -0.4 is 0 Å². The molecule has 0 aliphatic carbocycles. The van der Waals surface area contributed by atoms with Crippen LogP contribution in [0.4, 0.5) is 0 Å². The molecule has 0 radical (unpaired) electrons. The Balaban J connectivity index is 3.20. The van der Waals surface area contributed by atoms with Gasteiger partial charge in [-0.25, -0.2) is 0 Å². The molecule has 0 fully saturated rings. The molecule has 0 bridgehead atoms. The van der Waals surface area contributed by atoms with Gasteiger partial charge in [0.2, 0.25) is 0 Å². The molecule has 0 N–H and O–H groups in total. The van der Waals surface area contributed by atoms with E-state index in [1.54, 1.807) is 14.2 Å². The van der Waals surface area contributed by atoms with Gasteiger partial charge in [0.15, 0.2) is 0 Å². The molecule has 0 amide bonds. The van der Waals surface area contributed by atoms with Crippen molar-refractivity contribution >= 4 is 21.1 Å². The van der Waals surface area contributed by atoms with Gasteiger partial charge in [0, 0.05) is 0 Å². The molecule has 0 rings (SSSR count). The van der Waals surface area contributed by atoms with E-state index in [4.69, 9.17) is 9.47 Å². The van der Waals surface area contributed by atoms with Gasteiger partial charge in [-0.2, -0.15) is 0 Å². The summed E-state index contributed by atoms with van der Waals surface area (Å²) < 4.78 is 11.9. The van der Waals surface area contributed by atoms with E-state index >= 15 is 0 Å². The zero-order valence-electron chi connectivity index (χ0n) is 5.39. The van der Waals surface area contributed by atoms with Crippen LogP contribution >= 0.6 is 0 Å². The number of rotatable bonds is 4. The fraction of sp³-hybridized carbons (Fsp3) is 0.600. The molecule has 0 saturated carbocycles. The van der Waals surface area contributed by atoms with Crippen molar-refractivity contribution in [1.82, 2.24) is 0 Å². The van der Waals surface area contributed by atoms with Crippen LogP contribution in [0.3, 0.4) is 0 Å². The first-order valence-corrected chi connectivity index (χ1v) is 7.17. The Kier molecular flexibility index (Phi) is 5.91. The van der Waals surface area contributed by atoms with E-state index in [0.717, 1.165) is 0 Å². The predicted molar refractivity (Wildman–Crippen MR) is 36.5 cm³/mol. The molecule has 0 heterocycles. The second-order valence-electron chi connectivity index (χ2n) is 1.43. The zero-order valence-corrected chi connectivity index (χ0v) is 9.42. The van der Waals surface area contributed by atoms with Crippen LogP contribution in [0, 0.1) is 0 Å². The minimum atomic E-state index is -0.902. The Morgan fingerprint density at radius 2 is 2.00 bits per heavy atom. The number of ether oxygens (including phenoxy) is 2. The van der Waals surface area contributed by atoms with Crippen molar-refractivity contribution in [3.8, 4) is 0 Å². The Bertz CT molecular complexity index is 61.4. The van der Waals surface area contributed by atoms with Gasteiger partial charge in [-0.1, -0.05) is 0 Å². The summed E-state index contributed by atoms with van der Waals surface area (Å²) in [5.74, 6) is 0. The normalized spacial score (nSPS) is 11.4. The monoisotopic (exact) mass is 224 g/mol. The molecular formula is C5H12O2Sn. The van der Waals surface area contributed by atoms with Gasteiger partial charge in [-0.3, -0.25) is 0 Å². The fourth-order valence-corrected chi connectivity index (χ4v) is 2.30. The van der Waals surface area contributed by atoms with Crippen molar-refractivity contribution < 1.29 is 9.47 Å². The van der Waals surface area contributed by atoms with Crippen molar-refractivity contribution in [2.24, 2.45) is 0 Å². The van der Waals surface area contributed by atoms with Crippen LogP contribution in [-0.4, -0.2) is 39.7 Å². The molecule has 0 aliphatic heterocycles. The van der Waals surface area contributed by atoms with E-state index < -0.39 is 21.1 Å². The van der Waals surface area contributed by atoms with Crippen molar-refractivity contribution in [3.63, 3.8) is 0 Å². The van der Waals surface area contributed by atoms with Crippen LogP contribution in [0.25, 0.3) is 0 Å². The van der Waals surface area contributed by atoms with E-state index in [-0.39, 0.29) is 4.31 Å². The molecule has 48 valence electrons. The second kappa shape index (κ2) is 5.59. The summed E-state index contributed by atoms with van der Waals surface area (Å²) in [6, 6.07) is 0. The van der Waals surface area contributed by atoms with Gasteiger partial charge in [0.1, 0.15) is 0 Å². The topological polar surface area (TPSA) is 18.5 Å². The molecule has 0 spiro atoms. The van der Waals surface area contributed by atoms with Gasteiger partial charge in [-0.15, -0.1) is 0 Å². The molecule has 8 heavy (non-hydrogen) atoms. The first-order chi connectivity index (χ1) is 3.85. The molecule has 0 aromatic heterocycles. The van der Waals surface area contributed by atoms with Crippen molar-refractivity contribution in [2.75, 3.05) is 14.2 Å². The molecule has 0 atom stereocenters. The summed E-state index contributed by atoms with van der Waals surface area (Å²) in [5, 5.41) is 0. The Morgan fingerprint density at radius 3 is 2.12 bits per heavy atom. The summed E-state index contributed by atoms with van der Waals surface area (Å²) in [6.45, 7) is 3.63. The molecular weight excluding hydrogens is 211 g/mol. The van der Waals surface area contributed by atoms with Gasteiger partial charge in [-0.05, 0) is 0 Å². The zero-order chi connectivity index (χ0) is 6.41. The third-order valence-corrected chi connectivity index (χ3v) is 4.84. The molecule has 0 aromatic carbocycles. The summed E-state index contributed by atoms with van der Waals surface area (Å²) in [4.78, 5) is 0. The molecule has 0 saturated heterocycles. The molecule has 3 heteroatoms. The SMILES string of the molecule is C=[CH][SnH2][CH](OC)OC. The number of methoxy groups -OCH3 is 2. The van der Waals surface area contributed by atoms with Crippen LogP contribution in [-0.2, 0) is 9.47 Å². The molecule has 0 aliphatic rings. The summed E-state index contributed by atoms with van der Waals surface area (Å²) in [6.07, 6.45) is 0. The number of hydrogen-bond acceptors (Lipinski definition) is 2. The standard InChI is InChI=1S/C3H7O2.C2H3.Sn.2H/c1-4-3-5-2;1-2;;;/h3H,1-2H3;1H,2H2;;;. The summed E-state index contributed by atoms with van der Waals surface area (Å²) in [7, 11) is 3.32. The van der Waals surface area contributed by atoms with Crippen LogP contribution in [0.5, 0.6) is 0 Å². The van der Waals surface area contributed by atoms with Crippen molar-refractivity contribution in [1.29, 1.82) is 0 Å². The average Bonchev–Trinajstić information content (AvgIpc) is 1.83. The van der Waals surface area contributed by atoms with Gasteiger partial charge >= 0.3 is 59.8 Å². The van der Waals surface area contributed by atoms with Crippen molar-refractivity contribution in [3.05, 3.63) is 10.7 Å². The Labute approximate surface area is 60.1 Å². The quantitative estimate of drug-likeness (QED) is 0.488. The first-order valence-electron chi connectivity index (χ1n) is 2.51. The maximum absolute atomic E-state index is 4.94. The van der Waals surface area contributed by atoms with E-state index in [1.165, 1.54) is 0 Å². The van der Waals surface area contributed by atoms with Gasteiger partial charge in [0.05, 0.1) is 0 Å². The maximum atomic E-state index is 4.94. The van der Waals surface area contributed by atoms with Crippen LogP contribution in [0.1, 0.15) is 0 Å². The van der Waals surface area contributed by atoms with E-state index in [9.17, 15) is 0 Å². The van der Waals surface area contributed by atoms with Gasteiger partial charge in [0.25, 0.3) is 0 Å². The predicted octanol–water partition coefficient (Wildman–Crippen LogP) is -0.125. The fourth-order valence-electron chi connectivity index (χ4n) is 0.425. The summed E-state index contributed by atoms with van der Waals surface area (Å²) >= 11 is -0.902. The van der Waals surface area contributed by atoms with E-state index in [2.05, 4.69) is 6.58 Å². The van der Waals surface area contributed by atoms with Crippen molar-refractivity contribution in [2.45, 2.75) is 4.31 Å². The van der Waals surface area contributed by atoms with Gasteiger partial charge < -0.3 is 0 Å². The van der Waals surface area contributed by atoms with E-state index in [0.29, 0.717) is 0 Å². The third kappa shape index (κ3) is 3.46. The molecule has 2 nitrogen and oxygen atoms in total. The second-order valence-corrected chi connectivity index (χ2v) is 6.32. The average molecular weight is 223 g/mol. The van der Waals surface area contributed by atoms with E-state index in [1.807, 2.05) is 4.09 Å². The molecule has 0 unspecified atom stereocenters. The van der Waals surface area contributed by atoms with Crippen LogP contribution in [0.15, 0.2) is 10.7 Å². The Hall–Kier alpha value is 0.459. The summed E-state index contributed by atoms with van der Waals surface area (Å²) in [5.41, 5.74) is 0. The Morgan fingerprint density at radius 1 is 1.50 bits per heavy atom. The van der Waals surface area contributed by atoms with Crippen LogP contribution in [0.2, 0.25) is 0 Å².